The molecular formula is C19H26N4O2. The summed E-state index contributed by atoms with van der Waals surface area (Å²) in [7, 11) is 3.26. The van der Waals surface area contributed by atoms with Crippen LogP contribution in [0, 0.1) is 0 Å². The lowest BCUT2D eigenvalue weighted by Gasteiger charge is -2.28. The van der Waals surface area contributed by atoms with Crippen molar-refractivity contribution in [1.29, 1.82) is 0 Å². The van der Waals surface area contributed by atoms with Crippen molar-refractivity contribution in [2.75, 3.05) is 32.2 Å². The molecule has 2 aromatic heterocycles. The molecule has 0 spiro atoms. The molecule has 1 unspecified atom stereocenters. The van der Waals surface area contributed by atoms with Crippen molar-refractivity contribution in [1.82, 2.24) is 9.97 Å². The molecule has 2 aromatic rings. The van der Waals surface area contributed by atoms with E-state index in [0.29, 0.717) is 11.6 Å². The molecule has 0 aromatic carbocycles. The monoisotopic (exact) mass is 342 g/mol. The summed E-state index contributed by atoms with van der Waals surface area (Å²) in [5.41, 5.74) is 11.9. The predicted molar refractivity (Wildman–Crippen MR) is 98.7 cm³/mol. The van der Waals surface area contributed by atoms with E-state index < -0.39 is 0 Å². The highest BCUT2D eigenvalue weighted by atomic mass is 16.5. The molecule has 134 valence electrons. The highest BCUT2D eigenvalue weighted by Gasteiger charge is 2.27. The van der Waals surface area contributed by atoms with Gasteiger partial charge in [-0.25, -0.2) is 4.98 Å². The Hall–Kier alpha value is -2.08. The molecule has 3 heterocycles. The molecule has 1 saturated heterocycles. The molecule has 0 saturated carbocycles. The fraction of sp³-hybridized carbons (Fsp3) is 0.579. The molecule has 0 radical (unpaired) electrons. The van der Waals surface area contributed by atoms with E-state index in [-0.39, 0.29) is 6.04 Å². The smallest absolute Gasteiger partial charge is 0.257 e. The SMILES string of the molecule is COc1cc2nc3c(c(N4CCCCC(N)C4)c2nc1OC)CCC3. The molecule has 6 nitrogen and oxygen atoms in total. The maximum absolute atomic E-state index is 6.33. The molecule has 2 N–H and O–H groups in total. The highest BCUT2D eigenvalue weighted by Crippen LogP contribution is 2.39. The average molecular weight is 342 g/mol. The standard InChI is InChI=1S/C19H26N4O2/c1-24-16-10-15-17(22-19(16)25-2)18(13-7-5-8-14(13)21-15)23-9-4-3-6-12(20)11-23/h10,12H,3-9,11,20H2,1-2H3. The zero-order valence-corrected chi connectivity index (χ0v) is 15.0. The Morgan fingerprint density at radius 2 is 2.00 bits per heavy atom. The Morgan fingerprint density at radius 3 is 2.80 bits per heavy atom. The molecule has 1 aliphatic carbocycles. The number of aromatic nitrogens is 2. The number of methoxy groups -OCH3 is 2. The van der Waals surface area contributed by atoms with Crippen LogP contribution >= 0.6 is 0 Å². The van der Waals surface area contributed by atoms with Crippen molar-refractivity contribution in [3.05, 3.63) is 17.3 Å². The second kappa shape index (κ2) is 6.67. The summed E-state index contributed by atoms with van der Waals surface area (Å²) in [5.74, 6) is 1.13. The second-order valence-electron chi connectivity index (χ2n) is 7.01. The second-order valence-corrected chi connectivity index (χ2v) is 7.01. The quantitative estimate of drug-likeness (QED) is 0.924. The molecule has 25 heavy (non-hydrogen) atoms. The van der Waals surface area contributed by atoms with Crippen molar-refractivity contribution in [3.8, 4) is 11.6 Å². The lowest BCUT2D eigenvalue weighted by Crippen LogP contribution is -2.36. The maximum Gasteiger partial charge on any atom is 0.257 e. The highest BCUT2D eigenvalue weighted by molar-refractivity contribution is 5.92. The number of pyridine rings is 2. The van der Waals surface area contributed by atoms with E-state index in [1.165, 1.54) is 29.8 Å². The van der Waals surface area contributed by atoms with Crippen LogP contribution in [0.25, 0.3) is 11.0 Å². The van der Waals surface area contributed by atoms with Crippen LogP contribution in [0.1, 0.15) is 36.9 Å². The number of rotatable bonds is 3. The number of aryl methyl sites for hydroxylation is 1. The molecule has 2 aliphatic rings. The van der Waals surface area contributed by atoms with Gasteiger partial charge in [-0.2, -0.15) is 0 Å². The number of fused-ring (bicyclic) bond motifs is 2. The summed E-state index contributed by atoms with van der Waals surface area (Å²) < 4.78 is 10.9. The largest absolute Gasteiger partial charge is 0.491 e. The molecular weight excluding hydrogens is 316 g/mol. The fourth-order valence-corrected chi connectivity index (χ4v) is 4.13. The van der Waals surface area contributed by atoms with Crippen LogP contribution in [0.15, 0.2) is 6.07 Å². The van der Waals surface area contributed by atoms with Gasteiger partial charge in [-0.1, -0.05) is 6.42 Å². The predicted octanol–water partition coefficient (Wildman–Crippen LogP) is 2.45. The average Bonchev–Trinajstić information content (AvgIpc) is 2.98. The Bertz CT molecular complexity index is 793. The van der Waals surface area contributed by atoms with E-state index in [4.69, 9.17) is 25.2 Å². The van der Waals surface area contributed by atoms with E-state index in [1.807, 2.05) is 6.07 Å². The van der Waals surface area contributed by atoms with Gasteiger partial charge in [-0.3, -0.25) is 4.98 Å². The molecule has 0 amide bonds. The van der Waals surface area contributed by atoms with Gasteiger partial charge in [0.15, 0.2) is 5.75 Å². The van der Waals surface area contributed by atoms with E-state index >= 15 is 0 Å². The van der Waals surface area contributed by atoms with Crippen LogP contribution in [-0.2, 0) is 12.8 Å². The van der Waals surface area contributed by atoms with Crippen LogP contribution < -0.4 is 20.1 Å². The van der Waals surface area contributed by atoms with Crippen LogP contribution in [0.4, 0.5) is 5.69 Å². The molecule has 1 atom stereocenters. The number of hydrogen-bond acceptors (Lipinski definition) is 6. The molecule has 4 rings (SSSR count). The fourth-order valence-electron chi connectivity index (χ4n) is 4.13. The summed E-state index contributed by atoms with van der Waals surface area (Å²) >= 11 is 0. The number of hydrogen-bond donors (Lipinski definition) is 1. The van der Waals surface area contributed by atoms with Gasteiger partial charge in [0.2, 0.25) is 0 Å². The van der Waals surface area contributed by atoms with E-state index in [1.54, 1.807) is 14.2 Å². The Labute approximate surface area is 148 Å². The minimum Gasteiger partial charge on any atom is -0.491 e. The van der Waals surface area contributed by atoms with Crippen molar-refractivity contribution < 1.29 is 9.47 Å². The molecule has 1 fully saturated rings. The van der Waals surface area contributed by atoms with E-state index in [0.717, 1.165) is 49.8 Å². The maximum atomic E-state index is 6.33. The van der Waals surface area contributed by atoms with Crippen LogP contribution in [-0.4, -0.2) is 43.3 Å². The first-order chi connectivity index (χ1) is 12.2. The summed E-state index contributed by atoms with van der Waals surface area (Å²) in [4.78, 5) is 12.1. The molecule has 0 bridgehead atoms. The van der Waals surface area contributed by atoms with Crippen molar-refractivity contribution >= 4 is 16.7 Å². The lowest BCUT2D eigenvalue weighted by molar-refractivity contribution is 0.344. The van der Waals surface area contributed by atoms with Gasteiger partial charge >= 0.3 is 0 Å². The first-order valence-electron chi connectivity index (χ1n) is 9.16. The van der Waals surface area contributed by atoms with Gasteiger partial charge in [-0.05, 0) is 37.7 Å². The Balaban J connectivity index is 1.93. The first-order valence-corrected chi connectivity index (χ1v) is 9.16. The van der Waals surface area contributed by atoms with Crippen molar-refractivity contribution in [3.63, 3.8) is 0 Å². The van der Waals surface area contributed by atoms with Gasteiger partial charge in [0, 0.05) is 30.9 Å². The third-order valence-electron chi connectivity index (χ3n) is 5.33. The summed E-state index contributed by atoms with van der Waals surface area (Å²) in [6.07, 6.45) is 6.70. The van der Waals surface area contributed by atoms with Crippen molar-refractivity contribution in [2.45, 2.75) is 44.6 Å². The van der Waals surface area contributed by atoms with Gasteiger partial charge in [-0.15, -0.1) is 0 Å². The number of nitrogens with two attached hydrogens (primary N) is 1. The van der Waals surface area contributed by atoms with Gasteiger partial charge < -0.3 is 20.1 Å². The summed E-state index contributed by atoms with van der Waals surface area (Å²) in [6, 6.07) is 2.16. The third-order valence-corrected chi connectivity index (χ3v) is 5.33. The number of ether oxygens (including phenoxy) is 2. The zero-order chi connectivity index (χ0) is 17.4. The Kier molecular flexibility index (Phi) is 4.37. The summed E-state index contributed by atoms with van der Waals surface area (Å²) in [5, 5.41) is 0. The van der Waals surface area contributed by atoms with Crippen LogP contribution in [0.2, 0.25) is 0 Å². The lowest BCUT2D eigenvalue weighted by atomic mass is 10.1. The zero-order valence-electron chi connectivity index (χ0n) is 15.0. The van der Waals surface area contributed by atoms with E-state index in [2.05, 4.69) is 4.90 Å². The van der Waals surface area contributed by atoms with Gasteiger partial charge in [0.05, 0.1) is 25.4 Å². The Morgan fingerprint density at radius 1 is 1.12 bits per heavy atom. The van der Waals surface area contributed by atoms with Gasteiger partial charge in [0.1, 0.15) is 5.52 Å². The number of nitrogens with zero attached hydrogens (tertiary/aromatic N) is 3. The minimum absolute atomic E-state index is 0.211. The molecule has 6 heteroatoms. The topological polar surface area (TPSA) is 73.5 Å². The van der Waals surface area contributed by atoms with E-state index in [9.17, 15) is 0 Å². The third kappa shape index (κ3) is 2.88. The normalized spacial score (nSPS) is 20.4. The van der Waals surface area contributed by atoms with Crippen molar-refractivity contribution in [2.24, 2.45) is 5.73 Å². The molecule has 1 aliphatic heterocycles. The van der Waals surface area contributed by atoms with Crippen LogP contribution in [0.3, 0.4) is 0 Å². The van der Waals surface area contributed by atoms with Gasteiger partial charge in [0.25, 0.3) is 5.88 Å². The summed E-state index contributed by atoms with van der Waals surface area (Å²) in [6.45, 7) is 1.90. The number of anilines is 1. The van der Waals surface area contributed by atoms with Crippen LogP contribution in [0.5, 0.6) is 11.6 Å². The first kappa shape index (κ1) is 16.4. The minimum atomic E-state index is 0.211.